The van der Waals surface area contributed by atoms with Crippen LogP contribution >= 0.6 is 0 Å². The van der Waals surface area contributed by atoms with E-state index < -0.39 is 9.84 Å². The molecule has 0 unspecified atom stereocenters. The molecule has 0 atom stereocenters. The van der Waals surface area contributed by atoms with Crippen LogP contribution in [0, 0.1) is 12.3 Å². The number of benzene rings is 1. The Balaban J connectivity index is 2.18. The molecule has 1 heterocycles. The number of hydrogen-bond donors (Lipinski definition) is 1. The molecule has 1 N–H and O–H groups in total. The van der Waals surface area contributed by atoms with E-state index in [-0.39, 0.29) is 16.2 Å². The van der Waals surface area contributed by atoms with Gasteiger partial charge in [0.05, 0.1) is 10.6 Å². The zero-order chi connectivity index (χ0) is 15.3. The molecule has 0 saturated heterocycles. The average Bonchev–Trinajstić information content (AvgIpc) is 2.47. The van der Waals surface area contributed by atoms with Gasteiger partial charge in [-0.3, -0.25) is 4.79 Å². The number of aromatic nitrogens is 2. The van der Waals surface area contributed by atoms with Gasteiger partial charge in [0.2, 0.25) is 0 Å². The summed E-state index contributed by atoms with van der Waals surface area (Å²) < 4.78 is 23.5. The summed E-state index contributed by atoms with van der Waals surface area (Å²) in [6.45, 7) is 0. The largest absolute Gasteiger partial charge is 0.268 e. The zero-order valence-corrected chi connectivity index (χ0v) is 11.8. The van der Waals surface area contributed by atoms with E-state index in [9.17, 15) is 13.2 Å². The van der Waals surface area contributed by atoms with Gasteiger partial charge in [0.1, 0.15) is 5.75 Å². The van der Waals surface area contributed by atoms with Gasteiger partial charge in [0, 0.05) is 6.07 Å². The normalized spacial score (nSPS) is 11.4. The van der Waals surface area contributed by atoms with Crippen molar-refractivity contribution in [3.8, 4) is 12.3 Å². The van der Waals surface area contributed by atoms with Crippen molar-refractivity contribution < 1.29 is 8.42 Å². The summed E-state index contributed by atoms with van der Waals surface area (Å²) >= 11 is 0. The summed E-state index contributed by atoms with van der Waals surface area (Å²) in [4.78, 5) is 11.1. The lowest BCUT2D eigenvalue weighted by atomic mass is 10.2. The first-order chi connectivity index (χ1) is 10.0. The van der Waals surface area contributed by atoms with E-state index in [0.717, 1.165) is 5.56 Å². The number of sulfone groups is 1. The van der Waals surface area contributed by atoms with Crippen LogP contribution in [0.5, 0.6) is 0 Å². The molecule has 0 amide bonds. The van der Waals surface area contributed by atoms with Crippen molar-refractivity contribution in [1.29, 1.82) is 0 Å². The van der Waals surface area contributed by atoms with E-state index in [1.807, 2.05) is 0 Å². The zero-order valence-electron chi connectivity index (χ0n) is 11.0. The fourth-order valence-electron chi connectivity index (χ4n) is 1.61. The predicted octanol–water partition coefficient (Wildman–Crippen LogP) is 1.35. The Labute approximate surface area is 122 Å². The van der Waals surface area contributed by atoms with Crippen molar-refractivity contribution >= 4 is 22.0 Å². The van der Waals surface area contributed by atoms with Crippen LogP contribution < -0.4 is 5.56 Å². The van der Waals surface area contributed by atoms with Crippen molar-refractivity contribution in [1.82, 2.24) is 10.2 Å². The summed E-state index contributed by atoms with van der Waals surface area (Å²) in [5.41, 5.74) is 1.14. The number of nitrogens with one attached hydrogen (secondary N) is 1. The number of nitrogens with zero attached hydrogens (tertiary/aromatic N) is 1. The molecule has 2 aromatic rings. The molecule has 0 aliphatic rings. The van der Waals surface area contributed by atoms with Crippen LogP contribution in [0.1, 0.15) is 11.3 Å². The topological polar surface area (TPSA) is 79.9 Å². The minimum atomic E-state index is -3.41. The molecule has 1 aromatic heterocycles. The van der Waals surface area contributed by atoms with Gasteiger partial charge >= 0.3 is 0 Å². The molecule has 6 heteroatoms. The second-order valence-corrected chi connectivity index (χ2v) is 6.20. The summed E-state index contributed by atoms with van der Waals surface area (Å²) in [5.74, 6) is 1.82. The highest BCUT2D eigenvalue weighted by Crippen LogP contribution is 2.13. The average molecular weight is 300 g/mol. The van der Waals surface area contributed by atoms with Crippen molar-refractivity contribution in [2.24, 2.45) is 0 Å². The molecule has 0 aliphatic heterocycles. The van der Waals surface area contributed by atoms with Gasteiger partial charge in [-0.2, -0.15) is 5.10 Å². The molecule has 0 saturated carbocycles. The standard InChI is InChI=1S/C15H12N2O3S/c1-2-11-21(19,20)14-8-4-12(5-9-14)3-6-13-7-10-15(18)17-16-13/h1,3-10H,11H2,(H,17,18). The van der Waals surface area contributed by atoms with Gasteiger partial charge in [-0.05, 0) is 29.8 Å². The molecule has 21 heavy (non-hydrogen) atoms. The van der Waals surface area contributed by atoms with E-state index in [0.29, 0.717) is 5.69 Å². The monoisotopic (exact) mass is 300 g/mol. The molecule has 0 spiro atoms. The van der Waals surface area contributed by atoms with E-state index in [1.165, 1.54) is 18.2 Å². The number of rotatable bonds is 4. The maximum atomic E-state index is 11.8. The van der Waals surface area contributed by atoms with Gasteiger partial charge in [-0.25, -0.2) is 13.5 Å². The Bertz CT molecular complexity index is 837. The van der Waals surface area contributed by atoms with Crippen LogP contribution in [0.15, 0.2) is 46.1 Å². The molecular formula is C15H12N2O3S. The fourth-order valence-corrected chi connectivity index (χ4v) is 2.55. The smallest absolute Gasteiger partial charge is 0.264 e. The molecule has 5 nitrogen and oxygen atoms in total. The van der Waals surface area contributed by atoms with Crippen LogP contribution in [0.3, 0.4) is 0 Å². The van der Waals surface area contributed by atoms with Crippen molar-refractivity contribution in [2.45, 2.75) is 4.90 Å². The minimum absolute atomic E-state index is 0.194. The van der Waals surface area contributed by atoms with Gasteiger partial charge < -0.3 is 0 Å². The van der Waals surface area contributed by atoms with Crippen LogP contribution in [-0.2, 0) is 9.84 Å². The lowest BCUT2D eigenvalue weighted by Gasteiger charge is -2.01. The molecule has 2 rings (SSSR count). The first-order valence-corrected chi connectivity index (χ1v) is 7.66. The molecule has 1 aromatic carbocycles. The molecular weight excluding hydrogens is 288 g/mol. The first kappa shape index (κ1) is 14.8. The van der Waals surface area contributed by atoms with Gasteiger partial charge in [0.25, 0.3) is 5.56 Å². The quantitative estimate of drug-likeness (QED) is 0.864. The van der Waals surface area contributed by atoms with Gasteiger partial charge in [-0.15, -0.1) is 6.42 Å². The van der Waals surface area contributed by atoms with E-state index >= 15 is 0 Å². The van der Waals surface area contributed by atoms with Crippen molar-refractivity contribution in [3.63, 3.8) is 0 Å². The molecule has 0 radical (unpaired) electrons. The third kappa shape index (κ3) is 3.91. The van der Waals surface area contributed by atoms with E-state index in [4.69, 9.17) is 6.42 Å². The fraction of sp³-hybridized carbons (Fsp3) is 0.0667. The van der Waals surface area contributed by atoms with Crippen LogP contribution in [-0.4, -0.2) is 24.4 Å². The van der Waals surface area contributed by atoms with Crippen molar-refractivity contribution in [3.05, 3.63) is 58.0 Å². The first-order valence-electron chi connectivity index (χ1n) is 6.01. The number of H-pyrrole nitrogens is 1. The SMILES string of the molecule is C#CCS(=O)(=O)c1ccc(C=Cc2ccc(=O)[nH]n2)cc1. The van der Waals surface area contributed by atoms with Crippen molar-refractivity contribution in [2.75, 3.05) is 5.75 Å². The van der Waals surface area contributed by atoms with Gasteiger partial charge in [-0.1, -0.05) is 24.1 Å². The number of hydrogen-bond acceptors (Lipinski definition) is 4. The second kappa shape index (κ2) is 6.20. The highest BCUT2D eigenvalue weighted by molar-refractivity contribution is 7.91. The lowest BCUT2D eigenvalue weighted by Crippen LogP contribution is -2.05. The Morgan fingerprint density at radius 2 is 1.86 bits per heavy atom. The lowest BCUT2D eigenvalue weighted by molar-refractivity contribution is 0.599. The Morgan fingerprint density at radius 1 is 1.14 bits per heavy atom. The summed E-state index contributed by atoms with van der Waals surface area (Å²) in [7, 11) is -3.41. The van der Waals surface area contributed by atoms with Crippen LogP contribution in [0.4, 0.5) is 0 Å². The van der Waals surface area contributed by atoms with Gasteiger partial charge in [0.15, 0.2) is 9.84 Å². The summed E-state index contributed by atoms with van der Waals surface area (Å²) in [6, 6.07) is 9.32. The highest BCUT2D eigenvalue weighted by Gasteiger charge is 2.11. The Kier molecular flexibility index (Phi) is 4.36. The van der Waals surface area contributed by atoms with Crippen LogP contribution in [0.2, 0.25) is 0 Å². The number of aromatic amines is 1. The predicted molar refractivity (Wildman–Crippen MR) is 81.1 cm³/mol. The number of terminal acetylenes is 1. The second-order valence-electron chi connectivity index (χ2n) is 4.21. The minimum Gasteiger partial charge on any atom is -0.268 e. The Hall–Kier alpha value is -2.65. The maximum absolute atomic E-state index is 11.8. The molecule has 0 aliphatic carbocycles. The van der Waals surface area contributed by atoms with E-state index in [2.05, 4.69) is 16.1 Å². The van der Waals surface area contributed by atoms with E-state index in [1.54, 1.807) is 30.4 Å². The highest BCUT2D eigenvalue weighted by atomic mass is 32.2. The summed E-state index contributed by atoms with van der Waals surface area (Å²) in [5, 5.41) is 6.16. The molecule has 106 valence electrons. The van der Waals surface area contributed by atoms with Crippen LogP contribution in [0.25, 0.3) is 12.2 Å². The Morgan fingerprint density at radius 3 is 2.43 bits per heavy atom. The molecule has 0 fully saturated rings. The third-order valence-electron chi connectivity index (χ3n) is 2.66. The third-order valence-corrected chi connectivity index (χ3v) is 4.20. The molecule has 0 bridgehead atoms. The maximum Gasteiger partial charge on any atom is 0.264 e. The summed E-state index contributed by atoms with van der Waals surface area (Å²) in [6.07, 6.45) is 8.50.